The van der Waals surface area contributed by atoms with Gasteiger partial charge in [0, 0.05) is 5.92 Å². The van der Waals surface area contributed by atoms with E-state index >= 15 is 0 Å². The normalized spacial score (nSPS) is 29.4. The Balaban J connectivity index is 1.36. The van der Waals surface area contributed by atoms with E-state index in [1.807, 2.05) is 12.1 Å². The summed E-state index contributed by atoms with van der Waals surface area (Å²) in [7, 11) is 0. The first-order valence-corrected chi connectivity index (χ1v) is 14.9. The van der Waals surface area contributed by atoms with E-state index in [2.05, 4.69) is 24.1 Å². The van der Waals surface area contributed by atoms with Crippen LogP contribution in [0, 0.1) is 23.7 Å². The summed E-state index contributed by atoms with van der Waals surface area (Å²) in [6.07, 6.45) is 18.8. The van der Waals surface area contributed by atoms with Crippen LogP contribution in [0.25, 0.3) is 0 Å². The van der Waals surface area contributed by atoms with Crippen molar-refractivity contribution in [3.8, 4) is 0 Å². The first-order valence-electron chi connectivity index (χ1n) is 14.9. The molecule has 0 amide bonds. The molecule has 0 saturated heterocycles. The standard InChI is InChI=1S/C31H50NO5/c1-2-3-5-10-23-15-16-24(29(34)21-23)11-6-4-7-14-27(30(35)36)28(33)17-19-31(37)18-8-12-25(31)22-26-13-9-20-32-26/h9,13,15-16,20,23-25,27-29,33-34,37H,2-8,10-12,14,17-19,21-22H2,1H3,(H,35,36)/q-1/t23-,24-,25+,27+,28-,29-,31-/m1/s1. The number of unbranched alkanes of at least 4 members (excludes halogenated alkanes) is 4. The van der Waals surface area contributed by atoms with Crippen LogP contribution >= 0.6 is 0 Å². The molecule has 3 rings (SSSR count). The molecule has 0 unspecified atom stereocenters. The van der Waals surface area contributed by atoms with E-state index in [1.165, 1.54) is 19.3 Å². The highest BCUT2D eigenvalue weighted by molar-refractivity contribution is 5.70. The van der Waals surface area contributed by atoms with Gasteiger partial charge in [0.15, 0.2) is 0 Å². The highest BCUT2D eigenvalue weighted by atomic mass is 16.4. The van der Waals surface area contributed by atoms with Crippen molar-refractivity contribution in [2.75, 3.05) is 0 Å². The maximum atomic E-state index is 11.9. The van der Waals surface area contributed by atoms with Gasteiger partial charge >= 0.3 is 5.97 Å². The lowest BCUT2D eigenvalue weighted by Gasteiger charge is -2.33. The molecular weight excluding hydrogens is 466 g/mol. The van der Waals surface area contributed by atoms with Gasteiger partial charge in [0.25, 0.3) is 0 Å². The molecule has 1 aromatic heterocycles. The Morgan fingerprint density at radius 3 is 2.65 bits per heavy atom. The molecule has 2 aliphatic rings. The summed E-state index contributed by atoms with van der Waals surface area (Å²) in [4.78, 5) is 16.2. The average molecular weight is 517 g/mol. The van der Waals surface area contributed by atoms with Gasteiger partial charge in [-0.05, 0) is 69.6 Å². The van der Waals surface area contributed by atoms with E-state index in [1.54, 1.807) is 6.20 Å². The van der Waals surface area contributed by atoms with E-state index in [9.17, 15) is 25.2 Å². The maximum Gasteiger partial charge on any atom is 0.309 e. The number of nitrogens with zero attached hydrogens (tertiary/aromatic N) is 1. The molecule has 7 atom stereocenters. The average Bonchev–Trinajstić information content (AvgIpc) is 3.51. The Bertz CT molecular complexity index is 809. The van der Waals surface area contributed by atoms with E-state index in [-0.39, 0.29) is 17.9 Å². The molecule has 0 bridgehead atoms. The predicted octanol–water partition coefficient (Wildman–Crippen LogP) is 5.64. The quantitative estimate of drug-likeness (QED) is 0.157. The number of aliphatic hydroxyl groups is 3. The topological polar surface area (TPSA) is 112 Å². The summed E-state index contributed by atoms with van der Waals surface area (Å²) in [5.41, 5.74) is 0.129. The smallest absolute Gasteiger partial charge is 0.309 e. The number of aliphatic carboxylic acids is 1. The van der Waals surface area contributed by atoms with Crippen molar-refractivity contribution in [3.05, 3.63) is 36.2 Å². The van der Waals surface area contributed by atoms with E-state index in [0.29, 0.717) is 31.6 Å². The number of hydrogen-bond donors (Lipinski definition) is 4. The van der Waals surface area contributed by atoms with Crippen molar-refractivity contribution in [2.45, 2.75) is 127 Å². The molecule has 1 saturated carbocycles. The number of carboxylic acid groups (broad SMARTS) is 1. The van der Waals surface area contributed by atoms with Crippen LogP contribution in [-0.4, -0.2) is 44.2 Å². The monoisotopic (exact) mass is 516 g/mol. The molecule has 0 aromatic carbocycles. The molecule has 1 heterocycles. The summed E-state index contributed by atoms with van der Waals surface area (Å²) in [6, 6.07) is 3.88. The molecule has 6 heteroatoms. The molecule has 210 valence electrons. The number of carboxylic acids is 1. The number of aliphatic hydroxyl groups excluding tert-OH is 2. The van der Waals surface area contributed by atoms with Gasteiger partial charge in [0.2, 0.25) is 0 Å². The number of carbonyl (C=O) groups is 1. The Labute approximate surface area is 223 Å². The van der Waals surface area contributed by atoms with Crippen molar-refractivity contribution in [3.63, 3.8) is 0 Å². The fraction of sp³-hybridized carbons (Fsp3) is 0.774. The van der Waals surface area contributed by atoms with Crippen LogP contribution in [0.15, 0.2) is 30.5 Å². The zero-order valence-corrected chi connectivity index (χ0v) is 22.8. The van der Waals surface area contributed by atoms with Crippen LogP contribution < -0.4 is 4.98 Å². The summed E-state index contributed by atoms with van der Waals surface area (Å²) in [5.74, 6) is -0.951. The Kier molecular flexibility index (Phi) is 12.2. The molecule has 2 aliphatic carbocycles. The van der Waals surface area contributed by atoms with Gasteiger partial charge in [-0.2, -0.15) is 11.9 Å². The highest BCUT2D eigenvalue weighted by Gasteiger charge is 2.41. The molecule has 6 nitrogen and oxygen atoms in total. The zero-order chi connectivity index (χ0) is 26.7. The molecule has 1 aromatic rings. The number of hydrogen-bond acceptors (Lipinski definition) is 4. The second kappa shape index (κ2) is 15.1. The lowest BCUT2D eigenvalue weighted by molar-refractivity contribution is -0.146. The summed E-state index contributed by atoms with van der Waals surface area (Å²) < 4.78 is 0. The second-order valence-electron chi connectivity index (χ2n) is 11.8. The minimum Gasteiger partial charge on any atom is -0.668 e. The van der Waals surface area contributed by atoms with E-state index in [4.69, 9.17) is 0 Å². The van der Waals surface area contributed by atoms with E-state index in [0.717, 1.165) is 63.5 Å². The van der Waals surface area contributed by atoms with Gasteiger partial charge in [-0.1, -0.05) is 76.2 Å². The first-order chi connectivity index (χ1) is 17.8. The van der Waals surface area contributed by atoms with Crippen LogP contribution in [0.5, 0.6) is 0 Å². The lowest BCUT2D eigenvalue weighted by Crippen LogP contribution is -2.37. The lowest BCUT2D eigenvalue weighted by atomic mass is 9.80. The number of rotatable bonds is 17. The largest absolute Gasteiger partial charge is 0.668 e. The molecule has 4 N–H and O–H groups in total. The maximum absolute atomic E-state index is 11.9. The number of allylic oxidation sites excluding steroid dienone is 1. The van der Waals surface area contributed by atoms with Crippen molar-refractivity contribution in [1.29, 1.82) is 0 Å². The fourth-order valence-corrected chi connectivity index (χ4v) is 6.61. The first kappa shape index (κ1) is 29.9. The third-order valence-corrected chi connectivity index (χ3v) is 9.05. The van der Waals surface area contributed by atoms with Crippen LogP contribution in [-0.2, 0) is 11.2 Å². The van der Waals surface area contributed by atoms with Gasteiger partial charge in [-0.15, -0.1) is 0 Å². The molecule has 0 spiro atoms. The molecule has 0 aliphatic heterocycles. The molecular formula is C31H50NO5-. The Morgan fingerprint density at radius 2 is 1.95 bits per heavy atom. The van der Waals surface area contributed by atoms with Crippen molar-refractivity contribution >= 4 is 5.97 Å². The third-order valence-electron chi connectivity index (χ3n) is 9.05. The number of aromatic nitrogens is 1. The summed E-state index contributed by atoms with van der Waals surface area (Å²) >= 11 is 0. The van der Waals surface area contributed by atoms with Gasteiger partial charge in [-0.3, -0.25) is 4.79 Å². The van der Waals surface area contributed by atoms with Crippen molar-refractivity contribution < 1.29 is 25.2 Å². The highest BCUT2D eigenvalue weighted by Crippen LogP contribution is 2.41. The Hall–Kier alpha value is -1.63. The van der Waals surface area contributed by atoms with Gasteiger partial charge in [0.1, 0.15) is 0 Å². The minimum atomic E-state index is -0.955. The van der Waals surface area contributed by atoms with Crippen LogP contribution in [0.4, 0.5) is 0 Å². The van der Waals surface area contributed by atoms with Crippen LogP contribution in [0.1, 0.15) is 109 Å². The SMILES string of the molecule is CCCCC[C@@H]1C=C[C@@H](CCCCC[C@H](C(=O)O)[C@H](O)CC[C@]2(O)CCC[C@H]2Cc2ccc[n-]2)[C@H](O)C1. The predicted molar refractivity (Wildman–Crippen MR) is 146 cm³/mol. The van der Waals surface area contributed by atoms with Crippen LogP contribution in [0.2, 0.25) is 0 Å². The fourth-order valence-electron chi connectivity index (χ4n) is 6.61. The third kappa shape index (κ3) is 9.26. The van der Waals surface area contributed by atoms with Crippen molar-refractivity contribution in [2.24, 2.45) is 23.7 Å². The van der Waals surface area contributed by atoms with Crippen molar-refractivity contribution in [1.82, 2.24) is 4.98 Å². The van der Waals surface area contributed by atoms with Gasteiger partial charge in [0.05, 0.1) is 23.7 Å². The molecule has 37 heavy (non-hydrogen) atoms. The second-order valence-corrected chi connectivity index (χ2v) is 11.8. The molecule has 1 fully saturated rings. The van der Waals surface area contributed by atoms with Gasteiger partial charge < -0.3 is 25.4 Å². The minimum absolute atomic E-state index is 0.105. The Morgan fingerprint density at radius 1 is 1.14 bits per heavy atom. The molecule has 0 radical (unpaired) electrons. The van der Waals surface area contributed by atoms with Crippen LogP contribution in [0.3, 0.4) is 0 Å². The zero-order valence-electron chi connectivity index (χ0n) is 22.8. The van der Waals surface area contributed by atoms with Gasteiger partial charge in [-0.25, -0.2) is 0 Å². The summed E-state index contributed by atoms with van der Waals surface area (Å²) in [5, 5.41) is 42.3. The van der Waals surface area contributed by atoms with E-state index < -0.39 is 23.6 Å². The summed E-state index contributed by atoms with van der Waals surface area (Å²) in [6.45, 7) is 2.21.